The summed E-state index contributed by atoms with van der Waals surface area (Å²) < 4.78 is 0. The number of unbranched alkanes of at least 4 members (excludes halogenated alkanes) is 1. The number of hydrogen-bond donors (Lipinski definition) is 0. The second-order valence-electron chi connectivity index (χ2n) is 4.80. The first-order chi connectivity index (χ1) is 10.6. The van der Waals surface area contributed by atoms with Crippen LogP contribution in [-0.2, 0) is 0 Å². The predicted molar refractivity (Wildman–Crippen MR) is 87.4 cm³/mol. The highest BCUT2D eigenvalue weighted by Crippen LogP contribution is 2.37. The number of anilines is 1. The number of aromatic nitrogens is 2. The number of rotatable bonds is 7. The highest BCUT2D eigenvalue weighted by Gasteiger charge is 2.25. The second kappa shape index (κ2) is 7.74. The van der Waals surface area contributed by atoms with E-state index in [2.05, 4.69) is 16.9 Å². The molecule has 7 heteroatoms. The Hall–Kier alpha value is -2.15. The van der Waals surface area contributed by atoms with Crippen molar-refractivity contribution in [3.63, 3.8) is 0 Å². The van der Waals surface area contributed by atoms with E-state index in [4.69, 9.17) is 0 Å². The Labute approximate surface area is 133 Å². The molecule has 22 heavy (non-hydrogen) atoms. The summed E-state index contributed by atoms with van der Waals surface area (Å²) in [4.78, 5) is 22.0. The number of hydrogen-bond acceptors (Lipinski definition) is 6. The quantitative estimate of drug-likeness (QED) is 0.439. The van der Waals surface area contributed by atoms with Gasteiger partial charge >= 0.3 is 5.69 Å². The van der Waals surface area contributed by atoms with Gasteiger partial charge in [0.25, 0.3) is 0 Å². The van der Waals surface area contributed by atoms with Crippen molar-refractivity contribution in [2.45, 2.75) is 29.7 Å². The zero-order valence-electron chi connectivity index (χ0n) is 12.6. The molecule has 1 aromatic heterocycles. The summed E-state index contributed by atoms with van der Waals surface area (Å²) in [6.07, 6.45) is 3.36. The molecule has 2 aromatic rings. The lowest BCUT2D eigenvalue weighted by Gasteiger charge is -2.17. The van der Waals surface area contributed by atoms with Gasteiger partial charge in [-0.05, 0) is 18.6 Å². The molecule has 0 unspecified atom stereocenters. The lowest BCUT2D eigenvalue weighted by atomic mass is 10.3. The van der Waals surface area contributed by atoms with Crippen LogP contribution in [0.1, 0.15) is 19.8 Å². The van der Waals surface area contributed by atoms with Crippen LogP contribution in [0.5, 0.6) is 0 Å². The first-order valence-electron chi connectivity index (χ1n) is 7.07. The van der Waals surface area contributed by atoms with Crippen molar-refractivity contribution in [3.05, 3.63) is 46.8 Å². The van der Waals surface area contributed by atoms with E-state index in [0.29, 0.717) is 10.8 Å². The molecule has 0 aliphatic rings. The largest absolute Gasteiger partial charge is 0.354 e. The topological polar surface area (TPSA) is 72.2 Å². The maximum atomic E-state index is 11.5. The normalized spacial score (nSPS) is 10.5. The minimum Gasteiger partial charge on any atom is -0.354 e. The van der Waals surface area contributed by atoms with E-state index in [9.17, 15) is 10.1 Å². The lowest BCUT2D eigenvalue weighted by Crippen LogP contribution is -2.21. The fourth-order valence-electron chi connectivity index (χ4n) is 1.97. The van der Waals surface area contributed by atoms with Gasteiger partial charge in [-0.3, -0.25) is 10.1 Å². The second-order valence-corrected chi connectivity index (χ2v) is 5.86. The summed E-state index contributed by atoms with van der Waals surface area (Å²) in [6, 6.07) is 9.49. The van der Waals surface area contributed by atoms with E-state index in [0.717, 1.165) is 24.3 Å². The molecule has 0 amide bonds. The van der Waals surface area contributed by atoms with Gasteiger partial charge in [0.15, 0.2) is 5.03 Å². The highest BCUT2D eigenvalue weighted by molar-refractivity contribution is 7.99. The molecule has 0 radical (unpaired) electrons. The molecule has 0 saturated carbocycles. The molecule has 0 aliphatic heterocycles. The number of nitrogens with zero attached hydrogens (tertiary/aromatic N) is 4. The van der Waals surface area contributed by atoms with Crippen molar-refractivity contribution in [1.29, 1.82) is 0 Å². The first kappa shape index (κ1) is 16.2. The van der Waals surface area contributed by atoms with Crippen LogP contribution >= 0.6 is 11.8 Å². The lowest BCUT2D eigenvalue weighted by molar-refractivity contribution is -0.387. The van der Waals surface area contributed by atoms with Gasteiger partial charge in [0.1, 0.15) is 6.33 Å². The van der Waals surface area contributed by atoms with Gasteiger partial charge in [-0.2, -0.15) is 0 Å². The first-order valence-corrected chi connectivity index (χ1v) is 7.88. The average molecular weight is 318 g/mol. The van der Waals surface area contributed by atoms with Crippen molar-refractivity contribution < 1.29 is 4.92 Å². The standard InChI is InChI=1S/C15H18N4O2S/c1-3-4-10-18(2)14-13(19(20)21)15(17-11-16-14)22-12-8-6-5-7-9-12/h5-9,11H,3-4,10H2,1-2H3. The summed E-state index contributed by atoms with van der Waals surface area (Å²) in [6.45, 7) is 2.81. The van der Waals surface area contributed by atoms with Crippen molar-refractivity contribution >= 4 is 23.3 Å². The van der Waals surface area contributed by atoms with Crippen molar-refractivity contribution in [2.24, 2.45) is 0 Å². The summed E-state index contributed by atoms with van der Waals surface area (Å²) >= 11 is 1.28. The zero-order valence-corrected chi connectivity index (χ0v) is 13.4. The van der Waals surface area contributed by atoms with Crippen LogP contribution in [0.2, 0.25) is 0 Å². The molecular formula is C15H18N4O2S. The molecule has 0 spiro atoms. The number of nitro groups is 1. The third-order valence-electron chi connectivity index (χ3n) is 3.12. The predicted octanol–water partition coefficient (Wildman–Crippen LogP) is 3.77. The van der Waals surface area contributed by atoms with Crippen LogP contribution < -0.4 is 4.90 Å². The van der Waals surface area contributed by atoms with Gasteiger partial charge in [-0.15, -0.1) is 0 Å². The minimum atomic E-state index is -0.400. The average Bonchev–Trinajstić information content (AvgIpc) is 2.53. The van der Waals surface area contributed by atoms with Gasteiger partial charge < -0.3 is 4.90 Å². The van der Waals surface area contributed by atoms with Crippen molar-refractivity contribution in [3.8, 4) is 0 Å². The Bertz CT molecular complexity index is 637. The Morgan fingerprint density at radius 1 is 1.27 bits per heavy atom. The molecule has 116 valence electrons. The molecule has 0 aliphatic carbocycles. The van der Waals surface area contributed by atoms with E-state index >= 15 is 0 Å². The molecule has 0 bridgehead atoms. The molecule has 0 atom stereocenters. The molecule has 0 fully saturated rings. The van der Waals surface area contributed by atoms with Crippen molar-refractivity contribution in [1.82, 2.24) is 9.97 Å². The molecular weight excluding hydrogens is 300 g/mol. The van der Waals surface area contributed by atoms with E-state index in [1.54, 1.807) is 0 Å². The van der Waals surface area contributed by atoms with Crippen LogP contribution in [0.4, 0.5) is 11.5 Å². The molecule has 1 aromatic carbocycles. The van der Waals surface area contributed by atoms with Crippen LogP contribution in [0.3, 0.4) is 0 Å². The Morgan fingerprint density at radius 3 is 2.64 bits per heavy atom. The molecule has 1 heterocycles. The summed E-state index contributed by atoms with van der Waals surface area (Å²) in [5, 5.41) is 11.9. The number of benzene rings is 1. The Kier molecular flexibility index (Phi) is 5.71. The fourth-order valence-corrected chi connectivity index (χ4v) is 2.85. The van der Waals surface area contributed by atoms with Crippen LogP contribution in [-0.4, -0.2) is 28.5 Å². The van der Waals surface area contributed by atoms with Gasteiger partial charge in [0.05, 0.1) is 4.92 Å². The monoisotopic (exact) mass is 318 g/mol. The smallest absolute Gasteiger partial charge is 0.343 e. The van der Waals surface area contributed by atoms with Gasteiger partial charge in [-0.25, -0.2) is 9.97 Å². The molecule has 6 nitrogen and oxygen atoms in total. The Morgan fingerprint density at radius 2 is 2.00 bits per heavy atom. The van der Waals surface area contributed by atoms with E-state index < -0.39 is 4.92 Å². The van der Waals surface area contributed by atoms with Gasteiger partial charge in [0.2, 0.25) is 5.82 Å². The summed E-state index contributed by atoms with van der Waals surface area (Å²) in [5.41, 5.74) is -0.0324. The van der Waals surface area contributed by atoms with E-state index in [1.165, 1.54) is 18.1 Å². The SMILES string of the molecule is CCCCN(C)c1ncnc(Sc2ccccc2)c1[N+](=O)[O-]. The molecule has 0 saturated heterocycles. The van der Waals surface area contributed by atoms with Crippen LogP contribution in [0, 0.1) is 10.1 Å². The maximum Gasteiger partial charge on any atom is 0.343 e. The Balaban J connectivity index is 2.36. The van der Waals surface area contributed by atoms with E-state index in [-0.39, 0.29) is 5.69 Å². The maximum absolute atomic E-state index is 11.5. The zero-order chi connectivity index (χ0) is 15.9. The molecule has 2 rings (SSSR count). The van der Waals surface area contributed by atoms with Gasteiger partial charge in [0, 0.05) is 18.5 Å². The summed E-state index contributed by atoms with van der Waals surface area (Å²) in [5.74, 6) is 0.367. The summed E-state index contributed by atoms with van der Waals surface area (Å²) in [7, 11) is 1.82. The van der Waals surface area contributed by atoms with Crippen LogP contribution in [0.15, 0.2) is 46.6 Å². The van der Waals surface area contributed by atoms with E-state index in [1.807, 2.05) is 42.3 Å². The third-order valence-corrected chi connectivity index (χ3v) is 4.12. The minimum absolute atomic E-state index is 0.0324. The third kappa shape index (κ3) is 3.94. The van der Waals surface area contributed by atoms with Gasteiger partial charge in [-0.1, -0.05) is 43.3 Å². The molecule has 0 N–H and O–H groups in total. The van der Waals surface area contributed by atoms with Crippen molar-refractivity contribution in [2.75, 3.05) is 18.5 Å². The van der Waals surface area contributed by atoms with Crippen LogP contribution in [0.25, 0.3) is 0 Å². The highest BCUT2D eigenvalue weighted by atomic mass is 32.2. The fraction of sp³-hybridized carbons (Fsp3) is 0.333.